The van der Waals surface area contributed by atoms with Crippen LogP contribution in [0.25, 0.3) is 0 Å². The highest BCUT2D eigenvalue weighted by Gasteiger charge is 2.29. The Morgan fingerprint density at radius 3 is 2.06 bits per heavy atom. The van der Waals surface area contributed by atoms with Gasteiger partial charge in [0.25, 0.3) is 5.91 Å². The van der Waals surface area contributed by atoms with Gasteiger partial charge in [-0.3, -0.25) is 14.4 Å². The zero-order valence-electron chi connectivity index (χ0n) is 16.1. The maximum Gasteiger partial charge on any atom is 0.341 e. The lowest BCUT2D eigenvalue weighted by atomic mass is 9.84. The second kappa shape index (κ2) is 8.74. The van der Waals surface area contributed by atoms with Crippen LogP contribution in [0, 0.1) is 0 Å². The summed E-state index contributed by atoms with van der Waals surface area (Å²) in [6.45, 7) is -0.634. The molecule has 160 valence electrons. The molecular formula is C23H12Cl3NO5. The van der Waals surface area contributed by atoms with Crippen molar-refractivity contribution in [1.29, 1.82) is 0 Å². The Kier molecular flexibility index (Phi) is 6.02. The first kappa shape index (κ1) is 22.0. The Hall–Kier alpha value is -3.19. The third-order valence-electron chi connectivity index (χ3n) is 4.79. The Morgan fingerprint density at radius 2 is 1.38 bits per heavy atom. The van der Waals surface area contributed by atoms with E-state index in [4.69, 9.17) is 39.5 Å². The topological polar surface area (TPSA) is 89.5 Å². The number of halogens is 3. The van der Waals surface area contributed by atoms with Gasteiger partial charge in [0.05, 0.1) is 20.6 Å². The molecule has 0 saturated heterocycles. The van der Waals surface area contributed by atoms with Crippen molar-refractivity contribution in [3.63, 3.8) is 0 Å². The molecule has 0 aliphatic heterocycles. The molecule has 3 aromatic carbocycles. The van der Waals surface area contributed by atoms with Crippen molar-refractivity contribution in [2.45, 2.75) is 0 Å². The van der Waals surface area contributed by atoms with E-state index in [-0.39, 0.29) is 49.0 Å². The van der Waals surface area contributed by atoms with Crippen molar-refractivity contribution in [3.8, 4) is 0 Å². The van der Waals surface area contributed by atoms with Crippen molar-refractivity contribution in [2.24, 2.45) is 0 Å². The Morgan fingerprint density at radius 1 is 0.781 bits per heavy atom. The molecule has 1 aliphatic rings. The first-order valence-electron chi connectivity index (χ1n) is 9.21. The number of rotatable bonds is 4. The number of anilines is 1. The van der Waals surface area contributed by atoms with Crippen molar-refractivity contribution in [2.75, 3.05) is 11.9 Å². The lowest BCUT2D eigenvalue weighted by Gasteiger charge is -2.18. The van der Waals surface area contributed by atoms with Crippen molar-refractivity contribution >= 4 is 63.9 Å². The standard InChI is InChI=1S/C23H12Cl3NO5/c24-16-7-8-17(25)20(26)19(16)23(31)32-10-18(28)27-11-5-6-14-15(9-11)22(30)13-4-2-1-3-12(13)21(14)29/h1-9H,10H2,(H,27,28). The summed E-state index contributed by atoms with van der Waals surface area (Å²) in [5, 5.41) is 2.59. The Balaban J connectivity index is 1.47. The minimum Gasteiger partial charge on any atom is -0.452 e. The van der Waals surface area contributed by atoms with Crippen LogP contribution < -0.4 is 5.32 Å². The average Bonchev–Trinajstić information content (AvgIpc) is 2.79. The van der Waals surface area contributed by atoms with E-state index in [9.17, 15) is 19.2 Å². The highest BCUT2D eigenvalue weighted by molar-refractivity contribution is 6.46. The number of carbonyl (C=O) groups is 4. The van der Waals surface area contributed by atoms with Gasteiger partial charge in [0.1, 0.15) is 0 Å². The largest absolute Gasteiger partial charge is 0.452 e. The summed E-state index contributed by atoms with van der Waals surface area (Å²) < 4.78 is 4.98. The third kappa shape index (κ3) is 4.00. The molecule has 0 fully saturated rings. The van der Waals surface area contributed by atoms with Gasteiger partial charge in [-0.05, 0) is 30.3 Å². The molecule has 0 radical (unpaired) electrons. The van der Waals surface area contributed by atoms with Gasteiger partial charge >= 0.3 is 5.97 Å². The van der Waals surface area contributed by atoms with Gasteiger partial charge in [-0.15, -0.1) is 0 Å². The van der Waals surface area contributed by atoms with Crippen LogP contribution in [0.3, 0.4) is 0 Å². The lowest BCUT2D eigenvalue weighted by Crippen LogP contribution is -2.23. The smallest absolute Gasteiger partial charge is 0.341 e. The molecule has 3 aromatic rings. The van der Waals surface area contributed by atoms with Gasteiger partial charge in [0, 0.05) is 27.9 Å². The molecule has 32 heavy (non-hydrogen) atoms. The summed E-state index contributed by atoms with van der Waals surface area (Å²) in [6.07, 6.45) is 0. The molecule has 4 rings (SSSR count). The van der Waals surface area contributed by atoms with Gasteiger partial charge in [-0.1, -0.05) is 59.1 Å². The summed E-state index contributed by atoms with van der Waals surface area (Å²) in [7, 11) is 0. The van der Waals surface area contributed by atoms with E-state index in [1.807, 2.05) is 0 Å². The van der Waals surface area contributed by atoms with Crippen molar-refractivity contribution in [1.82, 2.24) is 0 Å². The monoisotopic (exact) mass is 487 g/mol. The summed E-state index contributed by atoms with van der Waals surface area (Å²) in [4.78, 5) is 50.0. The predicted octanol–water partition coefficient (Wildman–Crippen LogP) is 5.22. The van der Waals surface area contributed by atoms with Gasteiger partial charge in [-0.2, -0.15) is 0 Å². The number of hydrogen-bond acceptors (Lipinski definition) is 5. The zero-order chi connectivity index (χ0) is 23.0. The summed E-state index contributed by atoms with van der Waals surface area (Å²) in [5.74, 6) is -2.16. The number of esters is 1. The highest BCUT2D eigenvalue weighted by Crippen LogP contribution is 2.32. The fourth-order valence-corrected chi connectivity index (χ4v) is 3.97. The van der Waals surface area contributed by atoms with E-state index in [2.05, 4.69) is 5.32 Å². The van der Waals surface area contributed by atoms with Crippen LogP contribution in [0.1, 0.15) is 42.2 Å². The Bertz CT molecular complexity index is 1320. The highest BCUT2D eigenvalue weighted by atomic mass is 35.5. The van der Waals surface area contributed by atoms with E-state index in [1.54, 1.807) is 24.3 Å². The number of ether oxygens (including phenoxy) is 1. The molecule has 0 unspecified atom stereocenters. The van der Waals surface area contributed by atoms with Crippen LogP contribution in [0.4, 0.5) is 5.69 Å². The quantitative estimate of drug-likeness (QED) is 0.314. The van der Waals surface area contributed by atoms with Gasteiger partial charge < -0.3 is 10.1 Å². The Labute approximate surface area is 197 Å². The second-order valence-electron chi connectivity index (χ2n) is 6.81. The van der Waals surface area contributed by atoms with E-state index in [0.29, 0.717) is 11.1 Å². The summed E-state index contributed by atoms with van der Waals surface area (Å²) >= 11 is 17.8. The van der Waals surface area contributed by atoms with Crippen molar-refractivity contribution < 1.29 is 23.9 Å². The molecule has 0 spiro atoms. The number of amides is 1. The summed E-state index contributed by atoms with van der Waals surface area (Å²) in [6, 6.07) is 13.7. The molecule has 1 N–H and O–H groups in total. The second-order valence-corrected chi connectivity index (χ2v) is 8.00. The molecule has 0 atom stereocenters. The first-order valence-corrected chi connectivity index (χ1v) is 10.3. The molecule has 0 heterocycles. The molecular weight excluding hydrogens is 477 g/mol. The van der Waals surface area contributed by atoms with E-state index >= 15 is 0 Å². The van der Waals surface area contributed by atoms with Gasteiger partial charge in [0.2, 0.25) is 0 Å². The van der Waals surface area contributed by atoms with E-state index < -0.39 is 18.5 Å². The maximum atomic E-state index is 12.8. The molecule has 0 bridgehead atoms. The molecule has 1 amide bonds. The predicted molar refractivity (Wildman–Crippen MR) is 120 cm³/mol. The van der Waals surface area contributed by atoms with Crippen LogP contribution in [-0.2, 0) is 9.53 Å². The first-order chi connectivity index (χ1) is 15.3. The number of nitrogens with one attached hydrogen (secondary N) is 1. The maximum absolute atomic E-state index is 12.8. The minimum absolute atomic E-state index is 0.0305. The molecule has 0 aromatic heterocycles. The fraction of sp³-hybridized carbons (Fsp3) is 0.0435. The minimum atomic E-state index is -0.916. The number of hydrogen-bond donors (Lipinski definition) is 1. The van der Waals surface area contributed by atoms with E-state index in [1.165, 1.54) is 30.3 Å². The van der Waals surface area contributed by atoms with Gasteiger partial charge in [0.15, 0.2) is 18.2 Å². The van der Waals surface area contributed by atoms with Gasteiger partial charge in [-0.25, -0.2) is 4.79 Å². The number of carbonyl (C=O) groups excluding carboxylic acids is 4. The molecule has 6 nitrogen and oxygen atoms in total. The number of ketones is 2. The SMILES string of the molecule is O=C(COC(=O)c1c(Cl)ccc(Cl)c1Cl)Nc1ccc2c(c1)C(=O)c1ccccc1C2=O. The van der Waals surface area contributed by atoms with Crippen LogP contribution >= 0.6 is 34.8 Å². The van der Waals surface area contributed by atoms with E-state index in [0.717, 1.165) is 0 Å². The molecule has 9 heteroatoms. The van der Waals surface area contributed by atoms with Crippen LogP contribution in [0.2, 0.25) is 15.1 Å². The normalized spacial score (nSPS) is 12.1. The number of fused-ring (bicyclic) bond motifs is 2. The van der Waals surface area contributed by atoms with Crippen LogP contribution in [0.15, 0.2) is 54.6 Å². The molecule has 0 saturated carbocycles. The van der Waals surface area contributed by atoms with Crippen LogP contribution in [0.5, 0.6) is 0 Å². The number of benzene rings is 3. The zero-order valence-corrected chi connectivity index (χ0v) is 18.3. The van der Waals surface area contributed by atoms with Crippen LogP contribution in [-0.4, -0.2) is 30.0 Å². The molecule has 1 aliphatic carbocycles. The lowest BCUT2D eigenvalue weighted by molar-refractivity contribution is -0.119. The summed E-state index contributed by atoms with van der Waals surface area (Å²) in [5.41, 5.74) is 1.20. The van der Waals surface area contributed by atoms with Crippen molar-refractivity contribution in [3.05, 3.63) is 97.5 Å². The average molecular weight is 489 g/mol. The third-order valence-corrected chi connectivity index (χ3v) is 5.91. The fourth-order valence-electron chi connectivity index (χ4n) is 3.29.